The molecule has 0 atom stereocenters. The lowest BCUT2D eigenvalue weighted by Gasteiger charge is -2.30. The Balaban J connectivity index is 0.00000162. The first-order valence-corrected chi connectivity index (χ1v) is 10.6. The van der Waals surface area contributed by atoms with Crippen molar-refractivity contribution in [3.8, 4) is 29.1 Å². The minimum absolute atomic E-state index is 0. The van der Waals surface area contributed by atoms with Crippen molar-refractivity contribution < 1.29 is 18.9 Å². The molecule has 2 aliphatic heterocycles. The number of methoxy groups -OCH3 is 1. The monoisotopic (exact) mass is 504 g/mol. The van der Waals surface area contributed by atoms with Crippen LogP contribution in [0.25, 0.3) is 10.9 Å². The van der Waals surface area contributed by atoms with Gasteiger partial charge in [-0.05, 0) is 32.0 Å². The van der Waals surface area contributed by atoms with Crippen LogP contribution < -0.4 is 24.3 Å². The SMILES string of the molecule is COc1cc(OC2CCN(C)CC2)c2c(Nc3cccc4c3OCO4)c(C#N)cnc2c1.Cl.Cl. The molecule has 0 radical (unpaired) electrons. The molecule has 180 valence electrons. The van der Waals surface area contributed by atoms with Gasteiger partial charge < -0.3 is 29.2 Å². The van der Waals surface area contributed by atoms with E-state index in [9.17, 15) is 5.26 Å². The van der Waals surface area contributed by atoms with E-state index in [1.165, 1.54) is 0 Å². The van der Waals surface area contributed by atoms with Gasteiger partial charge in [0, 0.05) is 31.4 Å². The first kappa shape index (κ1) is 25.5. The summed E-state index contributed by atoms with van der Waals surface area (Å²) in [5, 5.41) is 14.0. The fraction of sp³-hybridized carbons (Fsp3) is 0.333. The molecule has 1 N–H and O–H groups in total. The summed E-state index contributed by atoms with van der Waals surface area (Å²) >= 11 is 0. The number of hydrogen-bond acceptors (Lipinski definition) is 8. The van der Waals surface area contributed by atoms with Gasteiger partial charge in [0.2, 0.25) is 6.79 Å². The number of benzene rings is 2. The Kier molecular flexibility index (Phi) is 8.15. The number of nitriles is 1. The van der Waals surface area contributed by atoms with E-state index in [4.69, 9.17) is 18.9 Å². The predicted molar refractivity (Wildman–Crippen MR) is 135 cm³/mol. The number of hydrogen-bond donors (Lipinski definition) is 1. The van der Waals surface area contributed by atoms with Gasteiger partial charge in [0.25, 0.3) is 0 Å². The molecule has 0 aliphatic carbocycles. The summed E-state index contributed by atoms with van der Waals surface area (Å²) in [4.78, 5) is 6.81. The second kappa shape index (κ2) is 10.9. The van der Waals surface area contributed by atoms with Crippen LogP contribution in [-0.4, -0.2) is 50.0 Å². The van der Waals surface area contributed by atoms with Gasteiger partial charge >= 0.3 is 0 Å². The second-order valence-corrected chi connectivity index (χ2v) is 7.96. The maximum atomic E-state index is 9.83. The third-order valence-electron chi connectivity index (χ3n) is 5.88. The first-order chi connectivity index (χ1) is 15.7. The molecule has 34 heavy (non-hydrogen) atoms. The number of likely N-dealkylation sites (tertiary alicyclic amines) is 1. The minimum atomic E-state index is 0. The van der Waals surface area contributed by atoms with E-state index in [-0.39, 0.29) is 37.7 Å². The van der Waals surface area contributed by atoms with Crippen molar-refractivity contribution in [3.05, 3.63) is 42.1 Å². The van der Waals surface area contributed by atoms with Crippen LogP contribution in [0.15, 0.2) is 36.5 Å². The Bertz CT molecular complexity index is 1210. The van der Waals surface area contributed by atoms with Gasteiger partial charge in [-0.1, -0.05) is 6.07 Å². The van der Waals surface area contributed by atoms with Crippen LogP contribution in [0.4, 0.5) is 11.4 Å². The second-order valence-electron chi connectivity index (χ2n) is 7.96. The lowest BCUT2D eigenvalue weighted by Crippen LogP contribution is -2.35. The van der Waals surface area contributed by atoms with Crippen LogP contribution in [0.1, 0.15) is 18.4 Å². The molecule has 8 nitrogen and oxygen atoms in total. The molecule has 0 amide bonds. The number of nitrogens with one attached hydrogen (secondary N) is 1. The molecular formula is C24H26Cl2N4O4. The highest BCUT2D eigenvalue weighted by Crippen LogP contribution is 2.44. The van der Waals surface area contributed by atoms with E-state index in [2.05, 4.69) is 28.3 Å². The topological polar surface area (TPSA) is 88.9 Å². The Labute approximate surface area is 210 Å². The summed E-state index contributed by atoms with van der Waals surface area (Å²) in [6, 6.07) is 11.6. The van der Waals surface area contributed by atoms with Crippen molar-refractivity contribution in [2.45, 2.75) is 18.9 Å². The smallest absolute Gasteiger partial charge is 0.231 e. The molecule has 3 aromatic rings. The van der Waals surface area contributed by atoms with E-state index < -0.39 is 0 Å². The molecular weight excluding hydrogens is 479 g/mol. The lowest BCUT2D eigenvalue weighted by molar-refractivity contribution is 0.115. The summed E-state index contributed by atoms with van der Waals surface area (Å²) in [6.45, 7) is 2.12. The molecule has 1 saturated heterocycles. The van der Waals surface area contributed by atoms with Crippen molar-refractivity contribution >= 4 is 47.1 Å². The van der Waals surface area contributed by atoms with Crippen LogP contribution >= 0.6 is 24.8 Å². The normalized spacial score (nSPS) is 15.1. The molecule has 0 saturated carbocycles. The molecule has 10 heteroatoms. The zero-order chi connectivity index (χ0) is 22.1. The van der Waals surface area contributed by atoms with Crippen LogP contribution in [0.2, 0.25) is 0 Å². The molecule has 3 heterocycles. The maximum absolute atomic E-state index is 9.83. The van der Waals surface area contributed by atoms with E-state index in [1.54, 1.807) is 13.3 Å². The number of anilines is 2. The van der Waals surface area contributed by atoms with Gasteiger partial charge in [-0.2, -0.15) is 5.26 Å². The highest BCUT2D eigenvalue weighted by molar-refractivity contribution is 6.01. The highest BCUT2D eigenvalue weighted by Gasteiger charge is 2.24. The molecule has 1 aromatic heterocycles. The minimum Gasteiger partial charge on any atom is -0.497 e. The number of fused-ring (bicyclic) bond motifs is 2. The van der Waals surface area contributed by atoms with Gasteiger partial charge in [-0.3, -0.25) is 4.98 Å². The Morgan fingerprint density at radius 2 is 1.97 bits per heavy atom. The number of ether oxygens (including phenoxy) is 4. The zero-order valence-corrected chi connectivity index (χ0v) is 20.5. The Hall–Kier alpha value is -3.12. The number of nitrogens with zero attached hydrogens (tertiary/aromatic N) is 3. The van der Waals surface area contributed by atoms with Crippen molar-refractivity contribution in [1.82, 2.24) is 9.88 Å². The highest BCUT2D eigenvalue weighted by atomic mass is 35.5. The number of halogens is 2. The first-order valence-electron chi connectivity index (χ1n) is 10.6. The fourth-order valence-corrected chi connectivity index (χ4v) is 4.13. The van der Waals surface area contributed by atoms with Crippen LogP contribution in [0, 0.1) is 11.3 Å². The van der Waals surface area contributed by atoms with Gasteiger partial charge in [0.1, 0.15) is 23.7 Å². The fourth-order valence-electron chi connectivity index (χ4n) is 4.13. The van der Waals surface area contributed by atoms with E-state index in [0.717, 1.165) is 31.3 Å². The third kappa shape index (κ3) is 4.87. The summed E-state index contributed by atoms with van der Waals surface area (Å²) in [5.74, 6) is 2.58. The summed E-state index contributed by atoms with van der Waals surface area (Å²) in [6.07, 6.45) is 3.50. The summed E-state index contributed by atoms with van der Waals surface area (Å²) < 4.78 is 23.1. The van der Waals surface area contributed by atoms with E-state index in [0.29, 0.717) is 45.5 Å². The Morgan fingerprint density at radius 3 is 2.71 bits per heavy atom. The maximum Gasteiger partial charge on any atom is 0.231 e. The average molecular weight is 505 g/mol. The molecule has 2 aromatic carbocycles. The Morgan fingerprint density at radius 1 is 1.18 bits per heavy atom. The number of piperidine rings is 1. The van der Waals surface area contributed by atoms with Crippen molar-refractivity contribution in [2.75, 3.05) is 39.4 Å². The summed E-state index contributed by atoms with van der Waals surface area (Å²) in [5.41, 5.74) is 2.42. The van der Waals surface area contributed by atoms with Gasteiger partial charge in [-0.25, -0.2) is 0 Å². The van der Waals surface area contributed by atoms with Gasteiger partial charge in [0.15, 0.2) is 11.5 Å². The van der Waals surface area contributed by atoms with E-state index in [1.807, 2.05) is 30.3 Å². The predicted octanol–water partition coefficient (Wildman–Crippen LogP) is 4.90. The molecule has 0 bridgehead atoms. The molecule has 1 fully saturated rings. The van der Waals surface area contributed by atoms with Crippen molar-refractivity contribution in [1.29, 1.82) is 5.26 Å². The molecule has 0 spiro atoms. The zero-order valence-electron chi connectivity index (χ0n) is 18.9. The molecule has 2 aliphatic rings. The van der Waals surface area contributed by atoms with E-state index >= 15 is 0 Å². The standard InChI is InChI=1S/C24H24N4O4.2ClH/c1-28-8-6-16(7-9-28)32-21-11-17(29-2)10-19-22(21)23(15(12-25)13-26-19)27-18-4-3-5-20-24(18)31-14-30-20;;/h3-5,10-11,13,16H,6-9,14H2,1-2H3,(H,26,27);2*1H. The van der Waals surface area contributed by atoms with Crippen LogP contribution in [0.5, 0.6) is 23.0 Å². The van der Waals surface area contributed by atoms with Gasteiger partial charge in [-0.15, -0.1) is 24.8 Å². The summed E-state index contributed by atoms with van der Waals surface area (Å²) in [7, 11) is 3.74. The lowest BCUT2D eigenvalue weighted by atomic mass is 10.1. The van der Waals surface area contributed by atoms with Crippen molar-refractivity contribution in [3.63, 3.8) is 0 Å². The number of pyridine rings is 1. The molecule has 5 rings (SSSR count). The van der Waals surface area contributed by atoms with Crippen molar-refractivity contribution in [2.24, 2.45) is 0 Å². The number of aromatic nitrogens is 1. The van der Waals surface area contributed by atoms with Gasteiger partial charge in [0.05, 0.1) is 35.0 Å². The molecule has 0 unspecified atom stereocenters. The number of rotatable bonds is 5. The van der Waals surface area contributed by atoms with Crippen LogP contribution in [-0.2, 0) is 0 Å². The quantitative estimate of drug-likeness (QED) is 0.524. The average Bonchev–Trinajstić information content (AvgIpc) is 3.30. The van der Waals surface area contributed by atoms with Crippen LogP contribution in [0.3, 0.4) is 0 Å². The third-order valence-corrected chi connectivity index (χ3v) is 5.88. The largest absolute Gasteiger partial charge is 0.497 e. The number of para-hydroxylation sites is 1.